The minimum absolute atomic E-state index is 0.397. The molecule has 0 aliphatic rings. The molecule has 0 bridgehead atoms. The van der Waals surface area contributed by atoms with Crippen LogP contribution in [0.2, 0.25) is 0 Å². The van der Waals surface area contributed by atoms with Crippen LogP contribution in [0.5, 0.6) is 0 Å². The third-order valence-corrected chi connectivity index (χ3v) is 2.24. The van der Waals surface area contributed by atoms with Crippen LogP contribution in [-0.4, -0.2) is 30.2 Å². The number of esters is 1. The van der Waals surface area contributed by atoms with Gasteiger partial charge in [-0.25, -0.2) is 9.78 Å². The molecule has 0 amide bonds. The number of aromatic nitrogens is 2. The third kappa shape index (κ3) is 1.90. The summed E-state index contributed by atoms with van der Waals surface area (Å²) in [6.07, 6.45) is 1.71. The highest BCUT2D eigenvalue weighted by Crippen LogP contribution is 2.15. The average molecular weight is 220 g/mol. The Bertz CT molecular complexity index is 519. The van der Waals surface area contributed by atoms with Gasteiger partial charge < -0.3 is 14.5 Å². The van der Waals surface area contributed by atoms with Crippen molar-refractivity contribution in [3.63, 3.8) is 0 Å². The molecule has 0 fully saturated rings. The van der Waals surface area contributed by atoms with Gasteiger partial charge in [-0.3, -0.25) is 0 Å². The number of methoxy groups -OCH3 is 2. The van der Waals surface area contributed by atoms with Crippen LogP contribution in [0, 0.1) is 0 Å². The fourth-order valence-corrected chi connectivity index (χ4v) is 1.53. The zero-order chi connectivity index (χ0) is 11.5. The van der Waals surface area contributed by atoms with E-state index in [9.17, 15) is 4.79 Å². The van der Waals surface area contributed by atoms with Crippen LogP contribution in [0.15, 0.2) is 18.3 Å². The Hall–Kier alpha value is -1.88. The highest BCUT2D eigenvalue weighted by molar-refractivity contribution is 5.93. The number of aromatic amines is 1. The van der Waals surface area contributed by atoms with E-state index in [1.165, 1.54) is 7.11 Å². The maximum absolute atomic E-state index is 11.3. The number of fused-ring (bicyclic) bond motifs is 1. The molecule has 5 nitrogen and oxygen atoms in total. The fourth-order valence-electron chi connectivity index (χ4n) is 1.53. The largest absolute Gasteiger partial charge is 0.464 e. The monoisotopic (exact) mass is 220 g/mol. The lowest BCUT2D eigenvalue weighted by atomic mass is 10.2. The van der Waals surface area contributed by atoms with Crippen LogP contribution >= 0.6 is 0 Å². The first-order chi connectivity index (χ1) is 7.74. The van der Waals surface area contributed by atoms with Gasteiger partial charge in [0.1, 0.15) is 11.3 Å². The molecule has 84 valence electrons. The van der Waals surface area contributed by atoms with Gasteiger partial charge in [0.2, 0.25) is 0 Å². The fraction of sp³-hybridized carbons (Fsp3) is 0.273. The van der Waals surface area contributed by atoms with Crippen molar-refractivity contribution in [1.82, 2.24) is 9.97 Å². The summed E-state index contributed by atoms with van der Waals surface area (Å²) in [5.41, 5.74) is 2.03. The summed E-state index contributed by atoms with van der Waals surface area (Å²) in [6.45, 7) is 0.502. The number of nitrogens with zero attached hydrogens (tertiary/aromatic N) is 1. The van der Waals surface area contributed by atoms with Gasteiger partial charge in [-0.1, -0.05) is 0 Å². The molecule has 0 saturated carbocycles. The highest BCUT2D eigenvalue weighted by atomic mass is 16.5. The van der Waals surface area contributed by atoms with Crippen molar-refractivity contribution in [3.05, 3.63) is 29.6 Å². The van der Waals surface area contributed by atoms with Gasteiger partial charge in [-0.05, 0) is 17.7 Å². The molecule has 0 spiro atoms. The van der Waals surface area contributed by atoms with Crippen molar-refractivity contribution in [3.8, 4) is 0 Å². The van der Waals surface area contributed by atoms with Gasteiger partial charge >= 0.3 is 5.97 Å². The molecule has 2 aromatic rings. The minimum Gasteiger partial charge on any atom is -0.464 e. The van der Waals surface area contributed by atoms with E-state index in [1.807, 2.05) is 6.07 Å². The molecule has 0 aromatic carbocycles. The standard InChI is InChI=1S/C11H12N2O3/c1-15-6-7-3-8-4-9(11(14)16-2)13-10(8)12-5-7/h3-5H,6H2,1-2H3,(H,12,13). The van der Waals surface area contributed by atoms with Crippen LogP contribution < -0.4 is 0 Å². The number of H-pyrrole nitrogens is 1. The summed E-state index contributed by atoms with van der Waals surface area (Å²) in [5.74, 6) is -0.397. The number of hydrogen-bond donors (Lipinski definition) is 1. The first-order valence-electron chi connectivity index (χ1n) is 4.79. The van der Waals surface area contributed by atoms with Crippen LogP contribution in [0.4, 0.5) is 0 Å². The Morgan fingerprint density at radius 3 is 2.94 bits per heavy atom. The lowest BCUT2D eigenvalue weighted by molar-refractivity contribution is 0.0595. The summed E-state index contributed by atoms with van der Waals surface area (Å²) in [6, 6.07) is 3.64. The van der Waals surface area contributed by atoms with E-state index >= 15 is 0 Å². The zero-order valence-corrected chi connectivity index (χ0v) is 9.11. The van der Waals surface area contributed by atoms with Gasteiger partial charge in [-0.2, -0.15) is 0 Å². The molecule has 0 atom stereocenters. The number of pyridine rings is 1. The maximum Gasteiger partial charge on any atom is 0.354 e. The molecule has 0 aliphatic carbocycles. The Morgan fingerprint density at radius 2 is 2.25 bits per heavy atom. The van der Waals surface area contributed by atoms with Crippen molar-refractivity contribution in [2.75, 3.05) is 14.2 Å². The molecule has 1 N–H and O–H groups in total. The van der Waals surface area contributed by atoms with Crippen molar-refractivity contribution in [2.24, 2.45) is 0 Å². The zero-order valence-electron chi connectivity index (χ0n) is 9.11. The van der Waals surface area contributed by atoms with Crippen LogP contribution in [0.1, 0.15) is 16.1 Å². The number of carbonyl (C=O) groups excluding carboxylic acids is 1. The molecule has 5 heteroatoms. The molecular weight excluding hydrogens is 208 g/mol. The lowest BCUT2D eigenvalue weighted by Gasteiger charge is -1.97. The molecule has 0 aliphatic heterocycles. The minimum atomic E-state index is -0.397. The summed E-state index contributed by atoms with van der Waals surface area (Å²) in [4.78, 5) is 18.4. The first kappa shape index (κ1) is 10.6. The van der Waals surface area contributed by atoms with Crippen LogP contribution in [-0.2, 0) is 16.1 Å². The van der Waals surface area contributed by atoms with E-state index < -0.39 is 5.97 Å². The second kappa shape index (κ2) is 4.32. The molecule has 0 saturated heterocycles. The first-order valence-corrected chi connectivity index (χ1v) is 4.79. The number of carbonyl (C=O) groups is 1. The Morgan fingerprint density at radius 1 is 1.44 bits per heavy atom. The molecule has 16 heavy (non-hydrogen) atoms. The second-order valence-electron chi connectivity index (χ2n) is 3.39. The maximum atomic E-state index is 11.3. The van der Waals surface area contributed by atoms with E-state index in [-0.39, 0.29) is 0 Å². The van der Waals surface area contributed by atoms with E-state index in [1.54, 1.807) is 19.4 Å². The van der Waals surface area contributed by atoms with E-state index in [0.29, 0.717) is 17.9 Å². The van der Waals surface area contributed by atoms with Crippen molar-refractivity contribution < 1.29 is 14.3 Å². The number of ether oxygens (including phenoxy) is 2. The normalized spacial score (nSPS) is 10.6. The predicted octanol–water partition coefficient (Wildman–Crippen LogP) is 1.50. The molecule has 0 radical (unpaired) electrons. The highest BCUT2D eigenvalue weighted by Gasteiger charge is 2.10. The summed E-state index contributed by atoms with van der Waals surface area (Å²) in [7, 11) is 2.97. The second-order valence-corrected chi connectivity index (χ2v) is 3.39. The van der Waals surface area contributed by atoms with Crippen molar-refractivity contribution in [1.29, 1.82) is 0 Å². The lowest BCUT2D eigenvalue weighted by Crippen LogP contribution is -2.00. The van der Waals surface area contributed by atoms with Gasteiger partial charge in [0, 0.05) is 18.7 Å². The van der Waals surface area contributed by atoms with E-state index in [2.05, 4.69) is 14.7 Å². The van der Waals surface area contributed by atoms with Crippen LogP contribution in [0.25, 0.3) is 11.0 Å². The molecule has 0 unspecified atom stereocenters. The summed E-state index contributed by atoms with van der Waals surface area (Å²) < 4.78 is 9.63. The van der Waals surface area contributed by atoms with Crippen molar-refractivity contribution >= 4 is 17.0 Å². The van der Waals surface area contributed by atoms with Crippen molar-refractivity contribution in [2.45, 2.75) is 6.61 Å². The smallest absolute Gasteiger partial charge is 0.354 e. The molecule has 2 aromatic heterocycles. The van der Waals surface area contributed by atoms with E-state index in [0.717, 1.165) is 10.9 Å². The third-order valence-electron chi connectivity index (χ3n) is 2.24. The number of hydrogen-bond acceptors (Lipinski definition) is 4. The van der Waals surface area contributed by atoms with E-state index in [4.69, 9.17) is 4.74 Å². The summed E-state index contributed by atoms with van der Waals surface area (Å²) in [5, 5.41) is 0.870. The van der Waals surface area contributed by atoms with Gasteiger partial charge in [-0.15, -0.1) is 0 Å². The molecular formula is C11H12N2O3. The predicted molar refractivity (Wildman–Crippen MR) is 58.1 cm³/mol. The SMILES string of the molecule is COCc1cnc2[nH]c(C(=O)OC)cc2c1. The molecule has 2 rings (SSSR count). The Labute approximate surface area is 92.4 Å². The summed E-state index contributed by atoms with van der Waals surface area (Å²) >= 11 is 0. The average Bonchev–Trinajstić information content (AvgIpc) is 2.71. The van der Waals surface area contributed by atoms with Crippen LogP contribution in [0.3, 0.4) is 0 Å². The molecule has 2 heterocycles. The quantitative estimate of drug-likeness (QED) is 0.796. The van der Waals surface area contributed by atoms with Gasteiger partial charge in [0.05, 0.1) is 13.7 Å². The number of nitrogens with one attached hydrogen (secondary N) is 1. The topological polar surface area (TPSA) is 64.2 Å². The van der Waals surface area contributed by atoms with Gasteiger partial charge in [0.15, 0.2) is 0 Å². The number of rotatable bonds is 3. The Balaban J connectivity index is 2.41. The van der Waals surface area contributed by atoms with Gasteiger partial charge in [0.25, 0.3) is 0 Å². The Kier molecular flexibility index (Phi) is 2.87.